The average molecular weight is 388 g/mol. The average Bonchev–Trinajstić information content (AvgIpc) is 3.45. The van der Waals surface area contributed by atoms with Gasteiger partial charge in [-0.2, -0.15) is 0 Å². The third kappa shape index (κ3) is 4.41. The molecule has 0 bridgehead atoms. The van der Waals surface area contributed by atoms with Gasteiger partial charge in [0.2, 0.25) is 5.89 Å². The number of furan rings is 1. The van der Waals surface area contributed by atoms with Crippen molar-refractivity contribution in [1.29, 1.82) is 0 Å². The monoisotopic (exact) mass is 388 g/mol. The normalized spacial score (nSPS) is 10.5. The molecule has 0 unspecified atom stereocenters. The number of esters is 1. The highest BCUT2D eigenvalue weighted by Gasteiger charge is 2.12. The molecule has 0 atom stereocenters. The molecule has 2 aromatic carbocycles. The molecule has 29 heavy (non-hydrogen) atoms. The fourth-order valence-corrected chi connectivity index (χ4v) is 2.61. The molecular weight excluding hydrogens is 372 g/mol. The van der Waals surface area contributed by atoms with E-state index in [4.69, 9.17) is 13.6 Å². The first-order valence-corrected chi connectivity index (χ1v) is 8.81. The van der Waals surface area contributed by atoms with Gasteiger partial charge >= 0.3 is 5.97 Å². The molecule has 0 saturated carbocycles. The Morgan fingerprint density at radius 3 is 2.48 bits per heavy atom. The van der Waals surface area contributed by atoms with E-state index < -0.39 is 5.97 Å². The molecule has 1 amide bonds. The van der Waals surface area contributed by atoms with Gasteiger partial charge in [-0.05, 0) is 36.4 Å². The van der Waals surface area contributed by atoms with E-state index in [1.165, 1.54) is 6.26 Å². The number of rotatable bonds is 6. The van der Waals surface area contributed by atoms with Crippen LogP contribution >= 0.6 is 0 Å². The lowest BCUT2D eigenvalue weighted by molar-refractivity contribution is 0.0439. The van der Waals surface area contributed by atoms with Crippen LogP contribution in [-0.2, 0) is 11.3 Å². The van der Waals surface area contributed by atoms with Gasteiger partial charge in [0, 0.05) is 11.3 Å². The molecule has 2 heterocycles. The van der Waals surface area contributed by atoms with Crippen molar-refractivity contribution < 1.29 is 23.2 Å². The molecule has 2 aromatic heterocycles. The number of aromatic nitrogens is 1. The van der Waals surface area contributed by atoms with Gasteiger partial charge in [-0.1, -0.05) is 30.3 Å². The van der Waals surface area contributed by atoms with Crippen LogP contribution in [0.3, 0.4) is 0 Å². The summed E-state index contributed by atoms with van der Waals surface area (Å²) in [4.78, 5) is 28.3. The minimum Gasteiger partial charge on any atom is -0.459 e. The Bertz CT molecular complexity index is 1100. The van der Waals surface area contributed by atoms with Gasteiger partial charge in [0.25, 0.3) is 5.91 Å². The lowest BCUT2D eigenvalue weighted by Gasteiger charge is -2.05. The first-order valence-electron chi connectivity index (χ1n) is 8.81. The van der Waals surface area contributed by atoms with E-state index in [-0.39, 0.29) is 18.3 Å². The lowest BCUT2D eigenvalue weighted by Crippen LogP contribution is -2.11. The predicted octanol–water partition coefficient (Wildman–Crippen LogP) is 4.54. The van der Waals surface area contributed by atoms with Gasteiger partial charge < -0.3 is 18.9 Å². The summed E-state index contributed by atoms with van der Waals surface area (Å²) in [6.45, 7) is -0.0807. The third-order valence-corrected chi connectivity index (χ3v) is 4.06. The van der Waals surface area contributed by atoms with Gasteiger partial charge in [0.05, 0.1) is 18.0 Å². The quantitative estimate of drug-likeness (QED) is 0.487. The van der Waals surface area contributed by atoms with E-state index in [0.29, 0.717) is 22.9 Å². The van der Waals surface area contributed by atoms with Gasteiger partial charge in [0.15, 0.2) is 18.1 Å². The van der Waals surface area contributed by atoms with Crippen LogP contribution in [0.1, 0.15) is 26.8 Å². The number of ether oxygens (including phenoxy) is 1. The highest BCUT2D eigenvalue weighted by atomic mass is 16.5. The van der Waals surface area contributed by atoms with E-state index in [1.807, 2.05) is 30.3 Å². The van der Waals surface area contributed by atoms with Crippen LogP contribution < -0.4 is 5.32 Å². The maximum atomic E-state index is 12.2. The van der Waals surface area contributed by atoms with E-state index in [2.05, 4.69) is 10.3 Å². The van der Waals surface area contributed by atoms with Gasteiger partial charge in [-0.25, -0.2) is 9.78 Å². The van der Waals surface area contributed by atoms with Crippen molar-refractivity contribution in [2.24, 2.45) is 0 Å². The molecule has 0 spiro atoms. The molecule has 0 saturated heterocycles. The minimum absolute atomic E-state index is 0.0807. The number of nitrogens with zero attached hydrogens (tertiary/aromatic N) is 1. The summed E-state index contributed by atoms with van der Waals surface area (Å²) in [6.07, 6.45) is 3.01. The molecule has 4 rings (SSSR count). The molecule has 7 heteroatoms. The largest absolute Gasteiger partial charge is 0.459 e. The Balaban J connectivity index is 1.33. The van der Waals surface area contributed by atoms with E-state index in [9.17, 15) is 9.59 Å². The molecule has 144 valence electrons. The summed E-state index contributed by atoms with van der Waals surface area (Å²) in [5, 5.41) is 2.68. The molecule has 0 aliphatic heterocycles. The number of carbonyl (C=O) groups excluding carboxylic acids is 2. The molecule has 4 aromatic rings. The topological polar surface area (TPSA) is 94.6 Å². The number of carbonyl (C=O) groups is 2. The molecule has 0 radical (unpaired) electrons. The van der Waals surface area contributed by atoms with Crippen molar-refractivity contribution in [2.75, 3.05) is 5.32 Å². The van der Waals surface area contributed by atoms with Crippen LogP contribution in [0, 0.1) is 0 Å². The Morgan fingerprint density at radius 1 is 0.966 bits per heavy atom. The predicted molar refractivity (Wildman–Crippen MR) is 104 cm³/mol. The van der Waals surface area contributed by atoms with E-state index >= 15 is 0 Å². The van der Waals surface area contributed by atoms with Crippen LogP contribution in [0.15, 0.2) is 88.0 Å². The summed E-state index contributed by atoms with van der Waals surface area (Å²) in [7, 11) is 0. The zero-order valence-corrected chi connectivity index (χ0v) is 15.2. The number of nitrogens with one attached hydrogen (secondary N) is 1. The highest BCUT2D eigenvalue weighted by Crippen LogP contribution is 2.20. The summed E-state index contributed by atoms with van der Waals surface area (Å²) in [5.41, 5.74) is 1.77. The third-order valence-electron chi connectivity index (χ3n) is 4.06. The summed E-state index contributed by atoms with van der Waals surface area (Å²) in [6, 6.07) is 19.1. The first-order chi connectivity index (χ1) is 14.2. The van der Waals surface area contributed by atoms with Gasteiger partial charge in [-0.15, -0.1) is 0 Å². The SMILES string of the molecule is O=C(OCc1ncc(-c2ccccc2)o1)c1ccc(NC(=O)c2ccco2)cc1. The van der Waals surface area contributed by atoms with E-state index in [0.717, 1.165) is 5.56 Å². The fraction of sp³-hybridized carbons (Fsp3) is 0.0455. The summed E-state index contributed by atoms with van der Waals surface area (Å²) >= 11 is 0. The van der Waals surface area contributed by atoms with Crippen LogP contribution in [-0.4, -0.2) is 16.9 Å². The molecular formula is C22H16N2O5. The van der Waals surface area contributed by atoms with Gasteiger partial charge in [-0.3, -0.25) is 4.79 Å². The van der Waals surface area contributed by atoms with Crippen molar-refractivity contribution in [3.8, 4) is 11.3 Å². The minimum atomic E-state index is -0.520. The van der Waals surface area contributed by atoms with Crippen molar-refractivity contribution in [1.82, 2.24) is 4.98 Å². The van der Waals surface area contributed by atoms with Crippen molar-refractivity contribution >= 4 is 17.6 Å². The Hall–Kier alpha value is -4.13. The lowest BCUT2D eigenvalue weighted by atomic mass is 10.2. The Morgan fingerprint density at radius 2 is 1.76 bits per heavy atom. The molecule has 0 fully saturated rings. The van der Waals surface area contributed by atoms with Crippen molar-refractivity contribution in [3.05, 3.63) is 96.4 Å². The van der Waals surface area contributed by atoms with Crippen LogP contribution in [0.4, 0.5) is 5.69 Å². The number of amides is 1. The Labute approximate surface area is 165 Å². The second kappa shape index (κ2) is 8.26. The number of hydrogen-bond donors (Lipinski definition) is 1. The first kappa shape index (κ1) is 18.2. The van der Waals surface area contributed by atoms with Crippen LogP contribution in [0.25, 0.3) is 11.3 Å². The zero-order chi connectivity index (χ0) is 20.1. The van der Waals surface area contributed by atoms with Crippen molar-refractivity contribution in [2.45, 2.75) is 6.61 Å². The number of hydrogen-bond acceptors (Lipinski definition) is 6. The number of benzene rings is 2. The molecule has 0 aliphatic rings. The Kier molecular flexibility index (Phi) is 5.20. The molecule has 0 aliphatic carbocycles. The second-order valence-electron chi connectivity index (χ2n) is 6.07. The zero-order valence-electron chi connectivity index (χ0n) is 15.2. The van der Waals surface area contributed by atoms with Gasteiger partial charge in [0.1, 0.15) is 0 Å². The van der Waals surface area contributed by atoms with E-state index in [1.54, 1.807) is 42.6 Å². The smallest absolute Gasteiger partial charge is 0.338 e. The van der Waals surface area contributed by atoms with Crippen molar-refractivity contribution in [3.63, 3.8) is 0 Å². The second-order valence-corrected chi connectivity index (χ2v) is 6.07. The summed E-state index contributed by atoms with van der Waals surface area (Å²) in [5.74, 6) is 0.221. The van der Waals surface area contributed by atoms with Crippen LogP contribution in [0.5, 0.6) is 0 Å². The highest BCUT2D eigenvalue weighted by molar-refractivity contribution is 6.02. The fourth-order valence-electron chi connectivity index (χ4n) is 2.61. The maximum absolute atomic E-state index is 12.2. The molecule has 7 nitrogen and oxygen atoms in total. The number of anilines is 1. The standard InChI is InChI=1S/C22H16N2O5/c25-21(18-7-4-12-27-18)24-17-10-8-16(9-11-17)22(26)28-14-20-23-13-19(29-20)15-5-2-1-3-6-15/h1-13H,14H2,(H,24,25). The maximum Gasteiger partial charge on any atom is 0.338 e. The molecule has 1 N–H and O–H groups in total. The summed E-state index contributed by atoms with van der Waals surface area (Å²) < 4.78 is 15.9. The number of oxazole rings is 1. The van der Waals surface area contributed by atoms with Crippen LogP contribution in [0.2, 0.25) is 0 Å².